The molecule has 0 fully saturated rings. The molecule has 90 valence electrons. The largest absolute Gasteiger partial charge is 0.479 e. The maximum absolute atomic E-state index is 5.89. The van der Waals surface area contributed by atoms with Gasteiger partial charge in [0.15, 0.2) is 5.82 Å². The highest BCUT2D eigenvalue weighted by Crippen LogP contribution is 2.28. The van der Waals surface area contributed by atoms with Crippen molar-refractivity contribution >= 4 is 22.8 Å². The first-order chi connectivity index (χ1) is 8.22. The lowest BCUT2D eigenvalue weighted by molar-refractivity contribution is 0.399. The number of rotatable bonds is 4. The standard InChI is InChI=1S/C11H14N4OS/c1-7(8-4-3-5-17-8)15-10-9(12)11(16-2)14-6-13-10/h3-7H,12H2,1-2H3,(H,13,14,15). The number of nitrogens with two attached hydrogens (primary N) is 1. The molecule has 2 aromatic heterocycles. The summed E-state index contributed by atoms with van der Waals surface area (Å²) in [5, 5.41) is 5.28. The number of anilines is 2. The second-order valence-corrected chi connectivity index (χ2v) is 4.51. The summed E-state index contributed by atoms with van der Waals surface area (Å²) >= 11 is 1.69. The average molecular weight is 250 g/mol. The van der Waals surface area contributed by atoms with Crippen LogP contribution in [0.3, 0.4) is 0 Å². The fourth-order valence-electron chi connectivity index (χ4n) is 1.47. The molecule has 0 aliphatic heterocycles. The van der Waals surface area contributed by atoms with Crippen LogP contribution in [-0.4, -0.2) is 17.1 Å². The molecule has 0 bridgehead atoms. The summed E-state index contributed by atoms with van der Waals surface area (Å²) in [6, 6.07) is 4.23. The van der Waals surface area contributed by atoms with Gasteiger partial charge in [-0.25, -0.2) is 4.98 Å². The molecular weight excluding hydrogens is 236 g/mol. The van der Waals surface area contributed by atoms with Gasteiger partial charge in [-0.05, 0) is 18.4 Å². The van der Waals surface area contributed by atoms with E-state index in [2.05, 4.69) is 28.3 Å². The number of methoxy groups -OCH3 is 1. The summed E-state index contributed by atoms with van der Waals surface area (Å²) in [5.74, 6) is 0.985. The van der Waals surface area contributed by atoms with Crippen LogP contribution in [-0.2, 0) is 0 Å². The monoisotopic (exact) mass is 250 g/mol. The van der Waals surface area contributed by atoms with Crippen LogP contribution in [0.1, 0.15) is 17.8 Å². The van der Waals surface area contributed by atoms with E-state index in [4.69, 9.17) is 10.5 Å². The summed E-state index contributed by atoms with van der Waals surface area (Å²) < 4.78 is 5.04. The van der Waals surface area contributed by atoms with E-state index in [1.54, 1.807) is 11.3 Å². The lowest BCUT2D eigenvalue weighted by Crippen LogP contribution is -2.10. The van der Waals surface area contributed by atoms with Gasteiger partial charge in [0.2, 0.25) is 5.88 Å². The minimum Gasteiger partial charge on any atom is -0.479 e. The van der Waals surface area contributed by atoms with Gasteiger partial charge in [0.1, 0.15) is 12.0 Å². The van der Waals surface area contributed by atoms with Crippen LogP contribution in [0, 0.1) is 0 Å². The molecule has 0 saturated heterocycles. The van der Waals surface area contributed by atoms with Crippen LogP contribution in [0.25, 0.3) is 0 Å². The van der Waals surface area contributed by atoms with Crippen molar-refractivity contribution in [2.45, 2.75) is 13.0 Å². The molecule has 2 aromatic rings. The second kappa shape index (κ2) is 5.01. The van der Waals surface area contributed by atoms with Gasteiger partial charge in [-0.15, -0.1) is 11.3 Å². The van der Waals surface area contributed by atoms with Gasteiger partial charge >= 0.3 is 0 Å². The number of nitrogens with one attached hydrogen (secondary N) is 1. The Morgan fingerprint density at radius 3 is 2.94 bits per heavy atom. The predicted octanol–water partition coefficient (Wildman–Crippen LogP) is 2.30. The minimum absolute atomic E-state index is 0.150. The van der Waals surface area contributed by atoms with Gasteiger partial charge in [-0.3, -0.25) is 0 Å². The fraction of sp³-hybridized carbons (Fsp3) is 0.273. The zero-order valence-electron chi connectivity index (χ0n) is 9.68. The Labute approximate surface area is 104 Å². The molecule has 1 atom stereocenters. The molecule has 2 heterocycles. The summed E-state index contributed by atoms with van der Waals surface area (Å²) in [4.78, 5) is 9.27. The van der Waals surface area contributed by atoms with Crippen molar-refractivity contribution in [2.24, 2.45) is 0 Å². The molecule has 2 rings (SSSR count). The van der Waals surface area contributed by atoms with Crippen molar-refractivity contribution in [1.82, 2.24) is 9.97 Å². The number of aromatic nitrogens is 2. The third-order valence-electron chi connectivity index (χ3n) is 2.36. The van der Waals surface area contributed by atoms with Crippen molar-refractivity contribution in [3.05, 3.63) is 28.7 Å². The number of nitrogens with zero attached hydrogens (tertiary/aromatic N) is 2. The van der Waals surface area contributed by atoms with E-state index in [1.807, 2.05) is 11.4 Å². The number of hydrogen-bond acceptors (Lipinski definition) is 6. The summed E-state index contributed by atoms with van der Waals surface area (Å²) in [6.45, 7) is 2.06. The first-order valence-electron chi connectivity index (χ1n) is 5.16. The van der Waals surface area contributed by atoms with E-state index in [0.717, 1.165) is 0 Å². The van der Waals surface area contributed by atoms with Crippen LogP contribution in [0.4, 0.5) is 11.5 Å². The Morgan fingerprint density at radius 2 is 2.29 bits per heavy atom. The number of nitrogen functional groups attached to an aromatic ring is 1. The number of ether oxygens (including phenoxy) is 1. The van der Waals surface area contributed by atoms with Crippen molar-refractivity contribution in [2.75, 3.05) is 18.2 Å². The van der Waals surface area contributed by atoms with Crippen LogP contribution in [0.15, 0.2) is 23.8 Å². The molecule has 3 N–H and O–H groups in total. The van der Waals surface area contributed by atoms with E-state index in [0.29, 0.717) is 17.4 Å². The zero-order valence-corrected chi connectivity index (χ0v) is 10.5. The Kier molecular flexibility index (Phi) is 3.43. The molecule has 0 aromatic carbocycles. The van der Waals surface area contributed by atoms with Gasteiger partial charge < -0.3 is 15.8 Å². The third kappa shape index (κ3) is 2.47. The van der Waals surface area contributed by atoms with Crippen molar-refractivity contribution in [3.8, 4) is 5.88 Å². The molecular formula is C11H14N4OS. The lowest BCUT2D eigenvalue weighted by atomic mass is 10.2. The molecule has 6 heteroatoms. The average Bonchev–Trinajstić information content (AvgIpc) is 2.85. The zero-order chi connectivity index (χ0) is 12.3. The van der Waals surface area contributed by atoms with Gasteiger partial charge in [0.05, 0.1) is 13.2 Å². The normalized spacial score (nSPS) is 12.1. The molecule has 5 nitrogen and oxygen atoms in total. The third-order valence-corrected chi connectivity index (χ3v) is 3.42. The van der Waals surface area contributed by atoms with Crippen LogP contribution in [0.5, 0.6) is 5.88 Å². The van der Waals surface area contributed by atoms with Gasteiger partial charge in [0, 0.05) is 4.88 Å². The fourth-order valence-corrected chi connectivity index (χ4v) is 2.21. The molecule has 0 radical (unpaired) electrons. The second-order valence-electron chi connectivity index (χ2n) is 3.53. The Morgan fingerprint density at radius 1 is 1.47 bits per heavy atom. The van der Waals surface area contributed by atoms with Crippen molar-refractivity contribution < 1.29 is 4.74 Å². The molecule has 0 amide bonds. The van der Waals surface area contributed by atoms with E-state index in [9.17, 15) is 0 Å². The molecule has 0 aliphatic carbocycles. The van der Waals surface area contributed by atoms with E-state index in [1.165, 1.54) is 18.3 Å². The Hall–Kier alpha value is -1.82. The topological polar surface area (TPSA) is 73.1 Å². The highest BCUT2D eigenvalue weighted by Gasteiger charge is 2.12. The Bertz CT molecular complexity index is 486. The molecule has 17 heavy (non-hydrogen) atoms. The molecule has 0 spiro atoms. The van der Waals surface area contributed by atoms with Crippen LogP contribution < -0.4 is 15.8 Å². The number of hydrogen-bond donors (Lipinski definition) is 2. The maximum atomic E-state index is 5.89. The van der Waals surface area contributed by atoms with Crippen molar-refractivity contribution in [1.29, 1.82) is 0 Å². The first-order valence-corrected chi connectivity index (χ1v) is 6.04. The summed E-state index contributed by atoms with van der Waals surface area (Å²) in [5.41, 5.74) is 6.32. The highest BCUT2D eigenvalue weighted by atomic mass is 32.1. The van der Waals surface area contributed by atoms with E-state index in [-0.39, 0.29) is 6.04 Å². The molecule has 0 saturated carbocycles. The SMILES string of the molecule is COc1ncnc(NC(C)c2cccs2)c1N. The maximum Gasteiger partial charge on any atom is 0.242 e. The summed E-state index contributed by atoms with van der Waals surface area (Å²) in [7, 11) is 1.53. The Balaban J connectivity index is 2.19. The smallest absolute Gasteiger partial charge is 0.242 e. The van der Waals surface area contributed by atoms with E-state index < -0.39 is 0 Å². The highest BCUT2D eigenvalue weighted by molar-refractivity contribution is 7.10. The molecule has 1 unspecified atom stereocenters. The first kappa shape index (κ1) is 11.7. The van der Waals surface area contributed by atoms with Gasteiger partial charge in [-0.1, -0.05) is 6.07 Å². The van der Waals surface area contributed by atoms with Gasteiger partial charge in [0.25, 0.3) is 0 Å². The predicted molar refractivity (Wildman–Crippen MR) is 69.4 cm³/mol. The quantitative estimate of drug-likeness (QED) is 0.871. The lowest BCUT2D eigenvalue weighted by Gasteiger charge is -2.15. The summed E-state index contributed by atoms with van der Waals surface area (Å²) in [6.07, 6.45) is 1.43. The van der Waals surface area contributed by atoms with Crippen molar-refractivity contribution in [3.63, 3.8) is 0 Å². The van der Waals surface area contributed by atoms with Crippen LogP contribution >= 0.6 is 11.3 Å². The minimum atomic E-state index is 0.150. The van der Waals surface area contributed by atoms with Crippen LogP contribution in [0.2, 0.25) is 0 Å². The number of thiophene rings is 1. The van der Waals surface area contributed by atoms with Gasteiger partial charge in [-0.2, -0.15) is 4.98 Å². The molecule has 0 aliphatic rings. The van der Waals surface area contributed by atoms with E-state index >= 15 is 0 Å².